The van der Waals surface area contributed by atoms with E-state index in [1.807, 2.05) is 38.1 Å². The van der Waals surface area contributed by atoms with Crippen LogP contribution < -0.4 is 14.8 Å². The van der Waals surface area contributed by atoms with E-state index >= 15 is 0 Å². The molecule has 3 heterocycles. The van der Waals surface area contributed by atoms with E-state index in [1.54, 1.807) is 25.2 Å². The second-order valence-electron chi connectivity index (χ2n) is 9.88. The number of carbonyl (C=O) groups is 2. The number of nitrogens with zero attached hydrogens (tertiary/aromatic N) is 4. The van der Waals surface area contributed by atoms with Crippen LogP contribution in [0.3, 0.4) is 0 Å². The molecule has 11 heteroatoms. The first-order valence-electron chi connectivity index (χ1n) is 13.1. The molecule has 2 aromatic carbocycles. The maximum absolute atomic E-state index is 13.3. The van der Waals surface area contributed by atoms with Gasteiger partial charge in [0.15, 0.2) is 0 Å². The van der Waals surface area contributed by atoms with E-state index in [2.05, 4.69) is 20.5 Å². The summed E-state index contributed by atoms with van der Waals surface area (Å²) in [6.07, 6.45) is 0.507. The molecule has 0 aliphatic carbocycles. The lowest BCUT2D eigenvalue weighted by Gasteiger charge is -2.38. The summed E-state index contributed by atoms with van der Waals surface area (Å²) in [5, 5.41) is 11.0. The average Bonchev–Trinajstić information content (AvgIpc) is 3.31. The van der Waals surface area contributed by atoms with Crippen LogP contribution in [-0.2, 0) is 22.7 Å². The van der Waals surface area contributed by atoms with Crippen molar-refractivity contribution < 1.29 is 28.4 Å². The number of nitrogens with one attached hydrogen (secondary N) is 1. The smallest absolute Gasteiger partial charge is 0.254 e. The first-order chi connectivity index (χ1) is 18.9. The molecule has 5 rings (SSSR count). The SMILES string of the molecule is CCOc1cc2cc(c1)C(=O)N(C)CC(=O)N[C@H]1CN(Cc3nonc3C)CC[C@H]1OCc1cccc(c1)O2. The Morgan fingerprint density at radius 2 is 2.00 bits per heavy atom. The predicted octanol–water partition coefficient (Wildman–Crippen LogP) is 2.93. The fourth-order valence-corrected chi connectivity index (χ4v) is 4.89. The Morgan fingerprint density at radius 3 is 2.79 bits per heavy atom. The molecule has 39 heavy (non-hydrogen) atoms. The van der Waals surface area contributed by atoms with E-state index in [4.69, 9.17) is 18.8 Å². The lowest BCUT2D eigenvalue weighted by molar-refractivity contribution is -0.125. The molecule has 1 fully saturated rings. The van der Waals surface area contributed by atoms with Crippen LogP contribution in [0.4, 0.5) is 0 Å². The second kappa shape index (κ2) is 11.8. The number of ether oxygens (including phenoxy) is 3. The van der Waals surface area contributed by atoms with Gasteiger partial charge in [0, 0.05) is 38.3 Å². The molecule has 0 saturated carbocycles. The number of likely N-dealkylation sites (N-methyl/N-ethyl adjacent to an activating group) is 1. The fourth-order valence-electron chi connectivity index (χ4n) is 4.89. The van der Waals surface area contributed by atoms with E-state index in [0.717, 1.165) is 23.5 Å². The van der Waals surface area contributed by atoms with Crippen molar-refractivity contribution in [1.29, 1.82) is 0 Å². The van der Waals surface area contributed by atoms with Crippen LogP contribution in [0.2, 0.25) is 0 Å². The van der Waals surface area contributed by atoms with E-state index in [-0.39, 0.29) is 30.5 Å². The average molecular weight is 536 g/mol. The van der Waals surface area contributed by atoms with Crippen LogP contribution in [-0.4, -0.2) is 77.4 Å². The summed E-state index contributed by atoms with van der Waals surface area (Å²) in [6, 6.07) is 12.4. The van der Waals surface area contributed by atoms with Crippen molar-refractivity contribution in [1.82, 2.24) is 25.4 Å². The van der Waals surface area contributed by atoms with Gasteiger partial charge in [0.1, 0.15) is 28.6 Å². The zero-order valence-corrected chi connectivity index (χ0v) is 22.4. The maximum Gasteiger partial charge on any atom is 0.254 e. The molecule has 2 atom stereocenters. The van der Waals surface area contributed by atoms with Gasteiger partial charge in [-0.2, -0.15) is 0 Å². The lowest BCUT2D eigenvalue weighted by atomic mass is 10.0. The molecular formula is C28H33N5O6. The van der Waals surface area contributed by atoms with Crippen molar-refractivity contribution in [2.24, 2.45) is 0 Å². The molecule has 1 aromatic heterocycles. The molecule has 0 radical (unpaired) electrons. The number of amides is 2. The molecule has 206 valence electrons. The number of likely N-dealkylation sites (tertiary alicyclic amines) is 1. The highest BCUT2D eigenvalue weighted by Gasteiger charge is 2.32. The van der Waals surface area contributed by atoms with E-state index in [9.17, 15) is 9.59 Å². The van der Waals surface area contributed by atoms with Crippen molar-refractivity contribution in [3.63, 3.8) is 0 Å². The standard InChI is InChI=1S/C28H33N5O6/c1-4-36-22-11-20-12-23(13-22)38-21-7-5-6-19(10-21)17-37-26-8-9-33(14-24-18(2)30-39-31-24)15-25(26)29-27(34)16-32(3)28(20)35/h5-7,10-13,25-26H,4,8-9,14-17H2,1-3H3,(H,29,34)/t25-,26+/m0/s1. The molecule has 1 saturated heterocycles. The Hall–Kier alpha value is -3.96. The highest BCUT2D eigenvalue weighted by atomic mass is 16.6. The van der Waals surface area contributed by atoms with Crippen molar-refractivity contribution in [3.8, 4) is 17.2 Å². The third kappa shape index (κ3) is 6.55. The Labute approximate surface area is 227 Å². The molecule has 2 amide bonds. The summed E-state index contributed by atoms with van der Waals surface area (Å²) in [4.78, 5) is 30.0. The van der Waals surface area contributed by atoms with Crippen molar-refractivity contribution in [2.45, 2.75) is 45.6 Å². The van der Waals surface area contributed by atoms with Crippen molar-refractivity contribution in [2.75, 3.05) is 33.3 Å². The van der Waals surface area contributed by atoms with Gasteiger partial charge >= 0.3 is 0 Å². The monoisotopic (exact) mass is 535 g/mol. The van der Waals surface area contributed by atoms with Gasteiger partial charge in [-0.15, -0.1) is 0 Å². The number of hydrogen-bond acceptors (Lipinski definition) is 9. The van der Waals surface area contributed by atoms with E-state index in [1.165, 1.54) is 4.90 Å². The van der Waals surface area contributed by atoms with Crippen molar-refractivity contribution >= 4 is 11.8 Å². The number of piperidine rings is 1. The topological polar surface area (TPSA) is 119 Å². The zero-order valence-electron chi connectivity index (χ0n) is 22.4. The van der Waals surface area contributed by atoms with Gasteiger partial charge < -0.3 is 24.4 Å². The summed E-state index contributed by atoms with van der Waals surface area (Å²) in [5.41, 5.74) is 2.82. The number of carbonyl (C=O) groups excluding carboxylic acids is 2. The molecular weight excluding hydrogens is 502 g/mol. The van der Waals surface area contributed by atoms with Gasteiger partial charge in [0.05, 0.1) is 31.9 Å². The molecule has 11 nitrogen and oxygen atoms in total. The van der Waals surface area contributed by atoms with Gasteiger partial charge in [-0.05, 0) is 50.1 Å². The molecule has 0 spiro atoms. The fraction of sp³-hybridized carbons (Fsp3) is 0.429. The zero-order chi connectivity index (χ0) is 27.4. The highest BCUT2D eigenvalue weighted by Crippen LogP contribution is 2.29. The minimum absolute atomic E-state index is 0.109. The largest absolute Gasteiger partial charge is 0.494 e. The van der Waals surface area contributed by atoms with E-state index in [0.29, 0.717) is 55.5 Å². The number of benzene rings is 2. The van der Waals surface area contributed by atoms with E-state index < -0.39 is 0 Å². The molecule has 4 bridgehead atoms. The van der Waals surface area contributed by atoms with Gasteiger partial charge in [0.25, 0.3) is 5.91 Å². The maximum atomic E-state index is 13.3. The molecule has 2 aliphatic heterocycles. The third-order valence-corrected chi connectivity index (χ3v) is 6.86. The number of fused-ring (bicyclic) bond motifs is 5. The number of aryl methyl sites for hydroxylation is 1. The van der Waals surface area contributed by atoms with Crippen LogP contribution >= 0.6 is 0 Å². The third-order valence-electron chi connectivity index (χ3n) is 6.86. The minimum atomic E-state index is -0.315. The van der Waals surface area contributed by atoms with Gasteiger partial charge in [-0.1, -0.05) is 22.4 Å². The van der Waals surface area contributed by atoms with Crippen LogP contribution in [0.15, 0.2) is 47.1 Å². The summed E-state index contributed by atoms with van der Waals surface area (Å²) < 4.78 is 23.0. The second-order valence-corrected chi connectivity index (χ2v) is 9.88. The number of aromatic nitrogens is 2. The first-order valence-corrected chi connectivity index (χ1v) is 13.1. The van der Waals surface area contributed by atoms with Crippen LogP contribution in [0.5, 0.6) is 17.2 Å². The number of hydrogen-bond donors (Lipinski definition) is 1. The summed E-state index contributed by atoms with van der Waals surface area (Å²) in [5.74, 6) is 1.03. The Bertz CT molecular complexity index is 1330. The minimum Gasteiger partial charge on any atom is -0.494 e. The highest BCUT2D eigenvalue weighted by molar-refractivity contribution is 5.97. The molecule has 2 aliphatic rings. The van der Waals surface area contributed by atoms with Gasteiger partial charge in [-0.25, -0.2) is 4.63 Å². The quantitative estimate of drug-likeness (QED) is 0.538. The summed E-state index contributed by atoms with van der Waals surface area (Å²) in [6.45, 7) is 6.31. The summed E-state index contributed by atoms with van der Waals surface area (Å²) >= 11 is 0. The van der Waals surface area contributed by atoms with Gasteiger partial charge in [0.2, 0.25) is 5.91 Å². The summed E-state index contributed by atoms with van der Waals surface area (Å²) in [7, 11) is 1.60. The Balaban J connectivity index is 1.41. The molecule has 1 N–H and O–H groups in total. The molecule has 0 unspecified atom stereocenters. The van der Waals surface area contributed by atoms with Crippen LogP contribution in [0.25, 0.3) is 0 Å². The van der Waals surface area contributed by atoms with Crippen LogP contribution in [0, 0.1) is 6.92 Å². The Kier molecular flexibility index (Phi) is 8.08. The normalized spacial score (nSPS) is 20.6. The van der Waals surface area contributed by atoms with Crippen LogP contribution in [0.1, 0.15) is 40.7 Å². The Morgan fingerprint density at radius 1 is 1.13 bits per heavy atom. The lowest BCUT2D eigenvalue weighted by Crippen LogP contribution is -2.57. The van der Waals surface area contributed by atoms with Gasteiger partial charge in [-0.3, -0.25) is 14.5 Å². The predicted molar refractivity (Wildman–Crippen MR) is 141 cm³/mol. The van der Waals surface area contributed by atoms with Crippen molar-refractivity contribution in [3.05, 3.63) is 65.0 Å². The first kappa shape index (κ1) is 26.6. The number of rotatable bonds is 4. The molecule has 3 aromatic rings.